The van der Waals surface area contributed by atoms with Gasteiger partial charge >= 0.3 is 11.9 Å². The molecule has 4 unspecified atom stereocenters. The van der Waals surface area contributed by atoms with Crippen LogP contribution in [0.1, 0.15) is 12.5 Å². The summed E-state index contributed by atoms with van der Waals surface area (Å²) >= 11 is 0. The van der Waals surface area contributed by atoms with Crippen molar-refractivity contribution in [1.82, 2.24) is 5.32 Å². The lowest BCUT2D eigenvalue weighted by Crippen LogP contribution is -2.58. The fourth-order valence-corrected chi connectivity index (χ4v) is 3.29. The van der Waals surface area contributed by atoms with Crippen molar-refractivity contribution in [3.8, 4) is 11.5 Å². The maximum Gasteiger partial charge on any atom is 0.331 e. The first kappa shape index (κ1) is 22.3. The van der Waals surface area contributed by atoms with Crippen LogP contribution in [0.15, 0.2) is 66.7 Å². The Labute approximate surface area is 180 Å². The number of hydrogen-bond donors (Lipinski definition) is 2. The molecular formula is C23H25NO7. The van der Waals surface area contributed by atoms with Crippen LogP contribution < -0.4 is 14.8 Å². The van der Waals surface area contributed by atoms with Crippen molar-refractivity contribution in [2.24, 2.45) is 0 Å². The Morgan fingerprint density at radius 1 is 1.06 bits per heavy atom. The Bertz CT molecular complexity index is 915. The van der Waals surface area contributed by atoms with Gasteiger partial charge in [0, 0.05) is 25.8 Å². The van der Waals surface area contributed by atoms with E-state index >= 15 is 0 Å². The molecule has 3 rings (SSSR count). The highest BCUT2D eigenvalue weighted by atomic mass is 16.6. The van der Waals surface area contributed by atoms with Gasteiger partial charge in [-0.3, -0.25) is 5.32 Å². The van der Waals surface area contributed by atoms with E-state index in [1.165, 1.54) is 7.11 Å². The minimum absolute atomic E-state index is 0.527. The Morgan fingerprint density at radius 2 is 1.71 bits per heavy atom. The van der Waals surface area contributed by atoms with Crippen molar-refractivity contribution >= 4 is 11.9 Å². The summed E-state index contributed by atoms with van der Waals surface area (Å²) in [5.41, 5.74) is 1.07. The van der Waals surface area contributed by atoms with E-state index in [0.717, 1.165) is 17.7 Å². The number of methoxy groups -OCH3 is 1. The number of fused-ring (bicyclic) bond motifs is 1. The van der Waals surface area contributed by atoms with Crippen LogP contribution in [0, 0.1) is 0 Å². The maximum atomic E-state index is 11.9. The number of carboxylic acid groups (broad SMARTS) is 1. The zero-order chi connectivity index (χ0) is 22.2. The molecule has 0 spiro atoms. The van der Waals surface area contributed by atoms with E-state index in [9.17, 15) is 9.59 Å². The largest absolute Gasteiger partial charge is 0.478 e. The number of carbonyl (C=O) groups excluding carboxylic acids is 1. The van der Waals surface area contributed by atoms with Gasteiger partial charge < -0.3 is 24.1 Å². The average molecular weight is 427 g/mol. The minimum atomic E-state index is -1.24. The number of hydrogen-bond acceptors (Lipinski definition) is 7. The summed E-state index contributed by atoms with van der Waals surface area (Å²) in [6, 6.07) is 17.1. The van der Waals surface area contributed by atoms with Crippen molar-refractivity contribution in [3.05, 3.63) is 72.3 Å². The number of aliphatic carboxylic acids is 1. The first-order valence-corrected chi connectivity index (χ1v) is 9.82. The monoisotopic (exact) mass is 427 g/mol. The lowest BCUT2D eigenvalue weighted by molar-refractivity contribution is -0.161. The number of esters is 1. The van der Waals surface area contributed by atoms with Crippen LogP contribution in [0.5, 0.6) is 11.5 Å². The van der Waals surface area contributed by atoms with E-state index in [4.69, 9.17) is 24.1 Å². The molecule has 4 atom stereocenters. The average Bonchev–Trinajstić information content (AvgIpc) is 2.77. The Kier molecular flexibility index (Phi) is 7.64. The first-order valence-electron chi connectivity index (χ1n) is 9.82. The zero-order valence-corrected chi connectivity index (χ0v) is 17.3. The predicted octanol–water partition coefficient (Wildman–Crippen LogP) is 2.53. The van der Waals surface area contributed by atoms with Gasteiger partial charge in [-0.25, -0.2) is 9.59 Å². The van der Waals surface area contributed by atoms with Gasteiger partial charge in [-0.15, -0.1) is 0 Å². The fourth-order valence-electron chi connectivity index (χ4n) is 3.29. The van der Waals surface area contributed by atoms with Crippen molar-refractivity contribution in [1.29, 1.82) is 0 Å². The van der Waals surface area contributed by atoms with Crippen molar-refractivity contribution < 1.29 is 33.6 Å². The molecule has 1 aliphatic rings. The summed E-state index contributed by atoms with van der Waals surface area (Å²) in [6.07, 6.45) is -1.09. The van der Waals surface area contributed by atoms with E-state index in [1.807, 2.05) is 48.5 Å². The van der Waals surface area contributed by atoms with E-state index in [1.54, 1.807) is 13.0 Å². The first-order chi connectivity index (χ1) is 15.0. The lowest BCUT2D eigenvalue weighted by atomic mass is 10.1. The molecule has 0 fully saturated rings. The highest BCUT2D eigenvalue weighted by molar-refractivity contribution is 5.90. The second kappa shape index (κ2) is 10.6. The zero-order valence-electron chi connectivity index (χ0n) is 17.3. The summed E-state index contributed by atoms with van der Waals surface area (Å²) in [6.45, 7) is 2.18. The van der Waals surface area contributed by atoms with E-state index in [0.29, 0.717) is 18.0 Å². The number of ether oxygens (including phenoxy) is 4. The number of carboxylic acids is 1. The van der Waals surface area contributed by atoms with Crippen LogP contribution in [0.4, 0.5) is 0 Å². The molecule has 0 aliphatic carbocycles. The van der Waals surface area contributed by atoms with Gasteiger partial charge in [0.25, 0.3) is 0 Å². The summed E-state index contributed by atoms with van der Waals surface area (Å²) in [7, 11) is 1.49. The van der Waals surface area contributed by atoms with Crippen LogP contribution in [-0.2, 0) is 25.6 Å². The van der Waals surface area contributed by atoms with Gasteiger partial charge in [0.2, 0.25) is 0 Å². The van der Waals surface area contributed by atoms with Crippen LogP contribution in [0.2, 0.25) is 0 Å². The predicted molar refractivity (Wildman–Crippen MR) is 112 cm³/mol. The molecule has 0 aromatic heterocycles. The summed E-state index contributed by atoms with van der Waals surface area (Å²) < 4.78 is 23.2. The number of benzene rings is 2. The molecule has 1 heterocycles. The topological polar surface area (TPSA) is 103 Å². The molecule has 0 radical (unpaired) electrons. The third kappa shape index (κ3) is 6.07. The van der Waals surface area contributed by atoms with Crippen LogP contribution in [-0.4, -0.2) is 48.7 Å². The quantitative estimate of drug-likeness (QED) is 0.465. The highest BCUT2D eigenvalue weighted by Gasteiger charge is 2.41. The van der Waals surface area contributed by atoms with E-state index in [-0.39, 0.29) is 0 Å². The van der Waals surface area contributed by atoms with Gasteiger partial charge in [-0.2, -0.15) is 0 Å². The Hall–Kier alpha value is -3.36. The van der Waals surface area contributed by atoms with Crippen molar-refractivity contribution in [2.45, 2.75) is 38.0 Å². The molecule has 8 heteroatoms. The summed E-state index contributed by atoms with van der Waals surface area (Å²) in [5, 5.41) is 12.0. The Balaban J connectivity index is 1.77. The minimum Gasteiger partial charge on any atom is -0.478 e. The van der Waals surface area contributed by atoms with E-state index in [2.05, 4.69) is 5.32 Å². The third-order valence-electron chi connectivity index (χ3n) is 4.74. The molecule has 2 N–H and O–H groups in total. The molecule has 2 aromatic rings. The third-order valence-corrected chi connectivity index (χ3v) is 4.74. The van der Waals surface area contributed by atoms with Gasteiger partial charge in [0.05, 0.1) is 0 Å². The van der Waals surface area contributed by atoms with Crippen molar-refractivity contribution in [3.63, 3.8) is 0 Å². The molecule has 0 bridgehead atoms. The molecule has 0 saturated carbocycles. The molecule has 0 amide bonds. The number of rotatable bonds is 9. The SMILES string of the molecule is COC(C(C)OC(=O)/C=C\C(=O)O)C1Oc2ccccc2OC1NCc1ccccc1. The van der Waals surface area contributed by atoms with Gasteiger partial charge in [-0.05, 0) is 24.6 Å². The second-order valence-corrected chi connectivity index (χ2v) is 6.95. The Morgan fingerprint density at radius 3 is 2.35 bits per heavy atom. The second-order valence-electron chi connectivity index (χ2n) is 6.95. The molecule has 2 aromatic carbocycles. The molecule has 8 nitrogen and oxygen atoms in total. The molecule has 0 saturated heterocycles. The van der Waals surface area contributed by atoms with E-state index < -0.39 is 36.5 Å². The summed E-state index contributed by atoms with van der Waals surface area (Å²) in [4.78, 5) is 22.5. The summed E-state index contributed by atoms with van der Waals surface area (Å²) in [5.74, 6) is -0.883. The lowest BCUT2D eigenvalue weighted by Gasteiger charge is -2.39. The molecule has 31 heavy (non-hydrogen) atoms. The maximum absolute atomic E-state index is 11.9. The van der Waals surface area contributed by atoms with Gasteiger partial charge in [0.15, 0.2) is 23.8 Å². The molecule has 1 aliphatic heterocycles. The number of nitrogens with one attached hydrogen (secondary N) is 1. The fraction of sp³-hybridized carbons (Fsp3) is 0.304. The number of para-hydroxylation sites is 2. The van der Waals surface area contributed by atoms with Crippen LogP contribution in [0.3, 0.4) is 0 Å². The van der Waals surface area contributed by atoms with Gasteiger partial charge in [0.1, 0.15) is 12.2 Å². The standard InChI is InChI=1S/C23H25NO7/c1-15(29-20(27)13-12-19(25)26)21(28-2)22-23(24-14-16-8-4-3-5-9-16)31-18-11-7-6-10-17(18)30-22/h3-13,15,21-24H,14H2,1-2H3,(H,25,26)/b13-12-. The highest BCUT2D eigenvalue weighted by Crippen LogP contribution is 2.35. The smallest absolute Gasteiger partial charge is 0.331 e. The van der Waals surface area contributed by atoms with Crippen LogP contribution in [0.25, 0.3) is 0 Å². The number of carbonyl (C=O) groups is 2. The van der Waals surface area contributed by atoms with Crippen molar-refractivity contribution in [2.75, 3.05) is 7.11 Å². The molecular weight excluding hydrogens is 402 g/mol. The van der Waals surface area contributed by atoms with Crippen LogP contribution >= 0.6 is 0 Å². The molecule has 164 valence electrons. The normalized spacial score (nSPS) is 19.5. The van der Waals surface area contributed by atoms with Gasteiger partial charge in [-0.1, -0.05) is 42.5 Å².